The Balaban J connectivity index is -0.000000117. The predicted molar refractivity (Wildman–Crippen MR) is 55.2 cm³/mol. The van der Waals surface area contributed by atoms with Crippen LogP contribution in [-0.2, 0) is 4.57 Å². The first-order valence-corrected chi connectivity index (χ1v) is 5.39. The third-order valence-electron chi connectivity index (χ3n) is 0.577. The van der Waals surface area contributed by atoms with Crippen molar-refractivity contribution in [3.8, 4) is 0 Å². The normalized spacial score (nSPS) is 8.38. The highest BCUT2D eigenvalue weighted by atomic mass is 31.2. The first-order valence-electron chi connectivity index (χ1n) is 3.83. The molecule has 3 N–H and O–H groups in total. The second-order valence-corrected chi connectivity index (χ2v) is 2.93. The summed E-state index contributed by atoms with van der Waals surface area (Å²) in [6, 6.07) is 0. The summed E-state index contributed by atoms with van der Waals surface area (Å²) in [6.45, 7) is 11.1. The van der Waals surface area contributed by atoms with Crippen molar-refractivity contribution in [2.24, 2.45) is 0 Å². The zero-order valence-corrected chi connectivity index (χ0v) is 9.07. The van der Waals surface area contributed by atoms with Crippen LogP contribution in [0.2, 0.25) is 0 Å². The van der Waals surface area contributed by atoms with Crippen molar-refractivity contribution in [2.75, 3.05) is 0 Å². The van der Waals surface area contributed by atoms with Gasteiger partial charge in [-0.15, -0.1) is 13.2 Å². The molecule has 0 unspecified atom stereocenters. The Labute approximate surface area is 79.9 Å². The van der Waals surface area contributed by atoms with Crippen molar-refractivity contribution in [1.29, 1.82) is 0 Å². The molecule has 13 heavy (non-hydrogen) atoms. The monoisotopic (exact) mass is 210 g/mol. The molecule has 0 radical (unpaired) electrons. The molecule has 0 bridgehead atoms. The zero-order valence-electron chi connectivity index (χ0n) is 8.18. The molecule has 0 fully saturated rings. The minimum atomic E-state index is -4.64. The Morgan fingerprint density at radius 1 is 1.08 bits per heavy atom. The minimum Gasteiger partial charge on any atom is -0.303 e. The fourth-order valence-corrected chi connectivity index (χ4v) is 0. The van der Waals surface area contributed by atoms with Gasteiger partial charge in [-0.25, -0.2) is 4.57 Å². The van der Waals surface area contributed by atoms with Gasteiger partial charge in [-0.2, -0.15) is 0 Å². The van der Waals surface area contributed by atoms with Crippen LogP contribution in [-0.4, -0.2) is 14.7 Å². The highest BCUT2D eigenvalue weighted by molar-refractivity contribution is 7.45. The topological polar surface area (TPSA) is 77.8 Å². The van der Waals surface area contributed by atoms with Gasteiger partial charge in [0.1, 0.15) is 0 Å². The number of hydrogen-bond donors (Lipinski definition) is 3. The molecule has 0 atom stereocenters. The zero-order chi connectivity index (χ0) is 11.3. The molecule has 0 aromatic carbocycles. The first-order chi connectivity index (χ1) is 5.83. The molecule has 0 saturated heterocycles. The van der Waals surface area contributed by atoms with Crippen molar-refractivity contribution in [3.63, 3.8) is 0 Å². The van der Waals surface area contributed by atoms with E-state index in [2.05, 4.69) is 27.0 Å². The highest BCUT2D eigenvalue weighted by Crippen LogP contribution is 2.25. The summed E-state index contributed by atoms with van der Waals surface area (Å²) in [5.41, 5.74) is 0. The fraction of sp³-hybridized carbons (Fsp3) is 0.500. The maximum atomic E-state index is 8.88. The minimum absolute atomic E-state index is 1.08. The molecule has 0 aromatic rings. The largest absolute Gasteiger partial charge is 0.466 e. The molecule has 0 rings (SSSR count). The van der Waals surface area contributed by atoms with Crippen LogP contribution >= 0.6 is 7.82 Å². The van der Waals surface area contributed by atoms with Gasteiger partial charge in [-0.05, 0) is 12.8 Å². The van der Waals surface area contributed by atoms with E-state index in [4.69, 9.17) is 19.2 Å². The summed E-state index contributed by atoms with van der Waals surface area (Å²) in [6.07, 6.45) is 5.92. The molecule has 0 aliphatic heterocycles. The molecule has 0 heterocycles. The van der Waals surface area contributed by atoms with Gasteiger partial charge in [-0.1, -0.05) is 26.0 Å². The Morgan fingerprint density at radius 2 is 1.15 bits per heavy atom. The van der Waals surface area contributed by atoms with E-state index >= 15 is 0 Å². The SMILES string of the molecule is C=CCC.C=CCC.O=P(O)(O)O. The van der Waals surface area contributed by atoms with Crippen LogP contribution in [0.3, 0.4) is 0 Å². The first kappa shape index (κ1) is 18.4. The van der Waals surface area contributed by atoms with Crippen LogP contribution in [0.15, 0.2) is 25.3 Å². The molecule has 0 aliphatic rings. The lowest BCUT2D eigenvalue weighted by Crippen LogP contribution is -1.66. The summed E-state index contributed by atoms with van der Waals surface area (Å²) >= 11 is 0. The predicted octanol–water partition coefficient (Wildman–Crippen LogP) is 2.24. The van der Waals surface area contributed by atoms with E-state index in [1.807, 2.05) is 12.2 Å². The number of rotatable bonds is 2. The van der Waals surface area contributed by atoms with E-state index in [-0.39, 0.29) is 0 Å². The summed E-state index contributed by atoms with van der Waals surface area (Å²) in [4.78, 5) is 21.6. The summed E-state index contributed by atoms with van der Waals surface area (Å²) < 4.78 is 8.88. The molecule has 0 aliphatic carbocycles. The number of allylic oxidation sites excluding steroid dienone is 2. The van der Waals surface area contributed by atoms with Gasteiger partial charge in [0.15, 0.2) is 0 Å². The van der Waals surface area contributed by atoms with Gasteiger partial charge in [0.25, 0.3) is 0 Å². The van der Waals surface area contributed by atoms with Crippen molar-refractivity contribution in [3.05, 3.63) is 25.3 Å². The van der Waals surface area contributed by atoms with E-state index in [9.17, 15) is 0 Å². The van der Waals surface area contributed by atoms with Crippen molar-refractivity contribution in [1.82, 2.24) is 0 Å². The van der Waals surface area contributed by atoms with Crippen LogP contribution < -0.4 is 0 Å². The fourth-order valence-electron chi connectivity index (χ4n) is 0. The molecule has 4 nitrogen and oxygen atoms in total. The highest BCUT2D eigenvalue weighted by Gasteiger charge is 2.00. The molecule has 5 heteroatoms. The lowest BCUT2D eigenvalue weighted by atomic mass is 10.5. The van der Waals surface area contributed by atoms with Crippen LogP contribution in [0, 0.1) is 0 Å². The third kappa shape index (κ3) is 422. The molecular formula is C8H19O4P. The molecule has 0 saturated carbocycles. The van der Waals surface area contributed by atoms with E-state index in [0.29, 0.717) is 0 Å². The lowest BCUT2D eigenvalue weighted by Gasteiger charge is -1.82. The standard InChI is InChI=1S/2C4H8.H3O4P/c2*1-3-4-2;1-5(2,3)4/h2*3H,1,4H2,2H3;(H3,1,2,3,4). The van der Waals surface area contributed by atoms with E-state index in [1.165, 1.54) is 0 Å². The molecule has 80 valence electrons. The van der Waals surface area contributed by atoms with Crippen molar-refractivity contribution in [2.45, 2.75) is 26.7 Å². The van der Waals surface area contributed by atoms with E-state index < -0.39 is 7.82 Å². The van der Waals surface area contributed by atoms with Gasteiger partial charge in [0.05, 0.1) is 0 Å². The average molecular weight is 210 g/mol. The third-order valence-corrected chi connectivity index (χ3v) is 0.577. The van der Waals surface area contributed by atoms with Gasteiger partial charge in [0, 0.05) is 0 Å². The smallest absolute Gasteiger partial charge is 0.303 e. The Hall–Kier alpha value is -0.410. The Bertz CT molecular complexity index is 134. The van der Waals surface area contributed by atoms with Gasteiger partial charge in [0.2, 0.25) is 0 Å². The molecule has 0 spiro atoms. The van der Waals surface area contributed by atoms with Crippen LogP contribution in [0.25, 0.3) is 0 Å². The van der Waals surface area contributed by atoms with Gasteiger partial charge >= 0.3 is 7.82 Å². The quantitative estimate of drug-likeness (QED) is 0.482. The van der Waals surface area contributed by atoms with Crippen molar-refractivity contribution < 1.29 is 19.2 Å². The van der Waals surface area contributed by atoms with Crippen LogP contribution in [0.4, 0.5) is 0 Å². The Kier molecular flexibility index (Phi) is 20.0. The van der Waals surface area contributed by atoms with E-state index in [1.54, 1.807) is 0 Å². The average Bonchev–Trinajstić information content (AvgIpc) is 2.01. The molecular weight excluding hydrogens is 191 g/mol. The Morgan fingerprint density at radius 3 is 1.15 bits per heavy atom. The van der Waals surface area contributed by atoms with Crippen molar-refractivity contribution >= 4 is 7.82 Å². The summed E-state index contributed by atoms with van der Waals surface area (Å²) in [5.74, 6) is 0. The van der Waals surface area contributed by atoms with E-state index in [0.717, 1.165) is 12.8 Å². The maximum absolute atomic E-state index is 8.88. The van der Waals surface area contributed by atoms with Gasteiger partial charge < -0.3 is 14.7 Å². The number of phosphoric acid groups is 1. The van der Waals surface area contributed by atoms with Gasteiger partial charge in [-0.3, -0.25) is 0 Å². The summed E-state index contributed by atoms with van der Waals surface area (Å²) in [5, 5.41) is 0. The molecule has 0 aromatic heterocycles. The lowest BCUT2D eigenvalue weighted by molar-refractivity contribution is 0.275. The second kappa shape index (κ2) is 14.1. The maximum Gasteiger partial charge on any atom is 0.466 e. The second-order valence-electron chi connectivity index (χ2n) is 1.91. The molecule has 0 amide bonds. The van der Waals surface area contributed by atoms with Crippen LogP contribution in [0.1, 0.15) is 26.7 Å². The van der Waals surface area contributed by atoms with Crippen LogP contribution in [0.5, 0.6) is 0 Å². The number of hydrogen-bond acceptors (Lipinski definition) is 1. The summed E-state index contributed by atoms with van der Waals surface area (Å²) in [7, 11) is -4.64.